The lowest BCUT2D eigenvalue weighted by molar-refractivity contribution is -0.167. The Hall–Kier alpha value is -1.77. The molecule has 3 unspecified atom stereocenters. The number of aliphatic hydroxyl groups excluding tert-OH is 2. The molecule has 0 radical (unpaired) electrons. The molecule has 1 aliphatic rings. The van der Waals surface area contributed by atoms with Crippen LogP contribution < -0.4 is 0 Å². The summed E-state index contributed by atoms with van der Waals surface area (Å²) in [4.78, 5) is 15.0. The molecule has 0 aromatic heterocycles. The standard InChI is InChI=1S/C14H17N3O5S/c1-23-14-10(16-17-15)12(11(19)9(7-18)21-14)22-13(20)8-5-3-2-4-6-8/h2-6,9-12,14,18-19H,7H2,1H3/t9?,10?,11-,12?,14+/m1/s1. The summed E-state index contributed by atoms with van der Waals surface area (Å²) in [5, 5.41) is 23.2. The zero-order valence-corrected chi connectivity index (χ0v) is 13.2. The van der Waals surface area contributed by atoms with Gasteiger partial charge < -0.3 is 19.7 Å². The zero-order chi connectivity index (χ0) is 16.8. The number of benzene rings is 1. The van der Waals surface area contributed by atoms with Crippen molar-refractivity contribution < 1.29 is 24.5 Å². The van der Waals surface area contributed by atoms with E-state index in [4.69, 9.17) is 15.0 Å². The second-order valence-corrected chi connectivity index (χ2v) is 5.82. The van der Waals surface area contributed by atoms with Gasteiger partial charge in [-0.3, -0.25) is 0 Å². The van der Waals surface area contributed by atoms with Crippen molar-refractivity contribution >= 4 is 17.7 Å². The average molecular weight is 339 g/mol. The molecule has 23 heavy (non-hydrogen) atoms. The summed E-state index contributed by atoms with van der Waals surface area (Å²) in [5.74, 6) is -0.647. The molecule has 0 bridgehead atoms. The lowest BCUT2D eigenvalue weighted by Crippen LogP contribution is -2.58. The molecule has 0 saturated carbocycles. The predicted molar refractivity (Wildman–Crippen MR) is 83.8 cm³/mol. The predicted octanol–water partition coefficient (Wildman–Crippen LogP) is 1.33. The molecule has 5 atom stereocenters. The third-order valence-electron chi connectivity index (χ3n) is 3.49. The second-order valence-electron chi connectivity index (χ2n) is 4.88. The molecule has 1 saturated heterocycles. The van der Waals surface area contributed by atoms with Crippen molar-refractivity contribution in [1.29, 1.82) is 0 Å². The Morgan fingerprint density at radius 2 is 2.17 bits per heavy atom. The molecular formula is C14H17N3O5S. The Balaban J connectivity index is 2.25. The van der Waals surface area contributed by atoms with Gasteiger partial charge >= 0.3 is 5.97 Å². The largest absolute Gasteiger partial charge is 0.455 e. The first-order valence-electron chi connectivity index (χ1n) is 6.89. The number of rotatable bonds is 5. The van der Waals surface area contributed by atoms with Crippen molar-refractivity contribution in [3.8, 4) is 0 Å². The van der Waals surface area contributed by atoms with E-state index in [0.29, 0.717) is 5.56 Å². The van der Waals surface area contributed by atoms with Crippen LogP contribution >= 0.6 is 11.8 Å². The maximum atomic E-state index is 12.2. The first-order valence-corrected chi connectivity index (χ1v) is 8.18. The summed E-state index contributed by atoms with van der Waals surface area (Å²) >= 11 is 1.24. The molecule has 124 valence electrons. The van der Waals surface area contributed by atoms with Gasteiger partial charge in [0.05, 0.1) is 12.2 Å². The molecule has 8 nitrogen and oxygen atoms in total. The number of carbonyl (C=O) groups excluding carboxylic acids is 1. The van der Waals surface area contributed by atoms with Gasteiger partial charge in [-0.15, -0.1) is 11.8 Å². The lowest BCUT2D eigenvalue weighted by Gasteiger charge is -2.41. The van der Waals surface area contributed by atoms with Crippen LogP contribution in [0, 0.1) is 0 Å². The van der Waals surface area contributed by atoms with Crippen molar-refractivity contribution in [3.63, 3.8) is 0 Å². The molecule has 0 amide bonds. The summed E-state index contributed by atoms with van der Waals surface area (Å²) in [7, 11) is 0. The third kappa shape index (κ3) is 3.95. The molecule has 2 N–H and O–H groups in total. The van der Waals surface area contributed by atoms with Crippen molar-refractivity contribution in [2.24, 2.45) is 5.11 Å². The van der Waals surface area contributed by atoms with Crippen LogP contribution in [0.15, 0.2) is 35.4 Å². The highest BCUT2D eigenvalue weighted by Gasteiger charge is 2.46. The topological polar surface area (TPSA) is 125 Å². The highest BCUT2D eigenvalue weighted by molar-refractivity contribution is 7.99. The lowest BCUT2D eigenvalue weighted by atomic mass is 9.98. The van der Waals surface area contributed by atoms with E-state index in [0.717, 1.165) is 0 Å². The molecule has 0 spiro atoms. The van der Waals surface area contributed by atoms with Gasteiger partial charge in [0, 0.05) is 4.91 Å². The highest BCUT2D eigenvalue weighted by Crippen LogP contribution is 2.31. The average Bonchev–Trinajstić information content (AvgIpc) is 2.59. The Kier molecular flexibility index (Phi) is 6.26. The molecule has 1 aliphatic heterocycles. The van der Waals surface area contributed by atoms with E-state index < -0.39 is 42.4 Å². The van der Waals surface area contributed by atoms with Crippen LogP contribution in [0.25, 0.3) is 10.4 Å². The normalized spacial score (nSPS) is 30.3. The minimum absolute atomic E-state index is 0.312. The second kappa shape index (κ2) is 8.19. The fraction of sp³-hybridized carbons (Fsp3) is 0.500. The van der Waals surface area contributed by atoms with Gasteiger partial charge in [0.25, 0.3) is 0 Å². The molecular weight excluding hydrogens is 322 g/mol. The van der Waals surface area contributed by atoms with E-state index in [1.54, 1.807) is 36.6 Å². The van der Waals surface area contributed by atoms with Crippen LogP contribution in [0.2, 0.25) is 0 Å². The number of esters is 1. The number of carbonyl (C=O) groups is 1. The first-order chi connectivity index (χ1) is 11.1. The first kappa shape index (κ1) is 17.6. The fourth-order valence-electron chi connectivity index (χ4n) is 2.33. The maximum absolute atomic E-state index is 12.2. The van der Waals surface area contributed by atoms with Gasteiger partial charge in [0.15, 0.2) is 0 Å². The van der Waals surface area contributed by atoms with Gasteiger partial charge in [-0.2, -0.15) is 0 Å². The van der Waals surface area contributed by atoms with E-state index in [1.165, 1.54) is 11.8 Å². The number of ether oxygens (including phenoxy) is 2. The van der Waals surface area contributed by atoms with Gasteiger partial charge in [-0.05, 0) is 23.9 Å². The molecule has 1 aromatic carbocycles. The Labute approximate surface area is 137 Å². The summed E-state index contributed by atoms with van der Waals surface area (Å²) in [6, 6.07) is 7.37. The quantitative estimate of drug-likeness (QED) is 0.361. The minimum Gasteiger partial charge on any atom is -0.455 e. The number of hydrogen-bond donors (Lipinski definition) is 2. The van der Waals surface area contributed by atoms with Crippen LogP contribution in [-0.4, -0.2) is 58.8 Å². The van der Waals surface area contributed by atoms with E-state index in [9.17, 15) is 15.0 Å². The number of nitrogens with zero attached hydrogens (tertiary/aromatic N) is 3. The summed E-state index contributed by atoms with van der Waals surface area (Å²) < 4.78 is 10.8. The Bertz CT molecular complexity index is 581. The van der Waals surface area contributed by atoms with Crippen LogP contribution in [-0.2, 0) is 9.47 Å². The van der Waals surface area contributed by atoms with E-state index in [-0.39, 0.29) is 0 Å². The Morgan fingerprint density at radius 1 is 1.48 bits per heavy atom. The number of aliphatic hydroxyl groups is 2. The maximum Gasteiger partial charge on any atom is 0.338 e. The van der Waals surface area contributed by atoms with Gasteiger partial charge in [0.1, 0.15) is 29.8 Å². The van der Waals surface area contributed by atoms with Crippen LogP contribution in [0.4, 0.5) is 0 Å². The molecule has 1 aromatic rings. The Morgan fingerprint density at radius 3 is 2.74 bits per heavy atom. The van der Waals surface area contributed by atoms with Crippen molar-refractivity contribution in [3.05, 3.63) is 46.3 Å². The van der Waals surface area contributed by atoms with Crippen LogP contribution in [0.1, 0.15) is 10.4 Å². The monoisotopic (exact) mass is 339 g/mol. The smallest absolute Gasteiger partial charge is 0.338 e. The molecule has 0 aliphatic carbocycles. The van der Waals surface area contributed by atoms with Crippen LogP contribution in [0.3, 0.4) is 0 Å². The summed E-state index contributed by atoms with van der Waals surface area (Å²) in [6.45, 7) is -0.444. The number of azide groups is 1. The molecule has 1 heterocycles. The SMILES string of the molecule is CS[C@@H]1OC(CO)[C@@H](O)C(OC(=O)c2ccccc2)C1N=[N+]=[N-]. The summed E-state index contributed by atoms with van der Waals surface area (Å²) in [6.07, 6.45) is -1.60. The number of thioether (sulfide) groups is 1. The van der Waals surface area contributed by atoms with Crippen LogP contribution in [0.5, 0.6) is 0 Å². The molecule has 1 fully saturated rings. The van der Waals surface area contributed by atoms with Gasteiger partial charge in [-0.25, -0.2) is 4.79 Å². The van der Waals surface area contributed by atoms with Gasteiger partial charge in [-0.1, -0.05) is 23.3 Å². The number of hydrogen-bond acceptors (Lipinski definition) is 7. The van der Waals surface area contributed by atoms with Crippen molar-refractivity contribution in [2.75, 3.05) is 12.9 Å². The van der Waals surface area contributed by atoms with Crippen molar-refractivity contribution in [2.45, 2.75) is 29.8 Å². The molecule has 2 rings (SSSR count). The van der Waals surface area contributed by atoms with Crippen molar-refractivity contribution in [1.82, 2.24) is 0 Å². The van der Waals surface area contributed by atoms with E-state index in [2.05, 4.69) is 10.0 Å². The molecule has 9 heteroatoms. The summed E-state index contributed by atoms with van der Waals surface area (Å²) in [5.41, 5.74) is 8.41. The minimum atomic E-state index is -1.30. The third-order valence-corrected chi connectivity index (χ3v) is 4.35. The zero-order valence-electron chi connectivity index (χ0n) is 12.3. The van der Waals surface area contributed by atoms with E-state index >= 15 is 0 Å². The fourth-order valence-corrected chi connectivity index (χ4v) is 3.07. The highest BCUT2D eigenvalue weighted by atomic mass is 32.2. The van der Waals surface area contributed by atoms with E-state index in [1.807, 2.05) is 0 Å². The van der Waals surface area contributed by atoms with Gasteiger partial charge in [0.2, 0.25) is 0 Å².